The Morgan fingerprint density at radius 2 is 1.89 bits per heavy atom. The maximum Gasteiger partial charge on any atom is 0.142 e. The van der Waals surface area contributed by atoms with Gasteiger partial charge in [0, 0.05) is 29.2 Å². The molecule has 0 amide bonds. The Labute approximate surface area is 125 Å². The third kappa shape index (κ3) is 4.53. The van der Waals surface area contributed by atoms with Crippen molar-refractivity contribution < 1.29 is 4.74 Å². The van der Waals surface area contributed by atoms with Gasteiger partial charge in [-0.15, -0.1) is 0 Å². The molecular weight excluding hydrogens is 283 g/mol. The number of hydrogen-bond donors (Lipinski definition) is 1. The molecule has 0 bridgehead atoms. The van der Waals surface area contributed by atoms with Crippen LogP contribution in [0, 0.1) is 0 Å². The van der Waals surface area contributed by atoms with Gasteiger partial charge in [-0.3, -0.25) is 0 Å². The summed E-state index contributed by atoms with van der Waals surface area (Å²) < 4.78 is 5.32. The molecule has 1 rings (SSSR count). The van der Waals surface area contributed by atoms with Crippen molar-refractivity contribution in [3.05, 3.63) is 27.7 Å². The molecule has 0 radical (unpaired) electrons. The van der Waals surface area contributed by atoms with Crippen LogP contribution in [0.1, 0.15) is 19.4 Å². The molecule has 1 aromatic rings. The lowest BCUT2D eigenvalue weighted by Gasteiger charge is -2.32. The molecule has 0 aliphatic heterocycles. The molecule has 0 saturated carbocycles. The van der Waals surface area contributed by atoms with E-state index in [0.29, 0.717) is 22.3 Å². The van der Waals surface area contributed by atoms with Gasteiger partial charge < -0.3 is 15.0 Å². The van der Waals surface area contributed by atoms with Crippen LogP contribution in [-0.2, 0) is 6.54 Å². The average Bonchev–Trinajstić information content (AvgIpc) is 2.27. The van der Waals surface area contributed by atoms with Crippen molar-refractivity contribution in [2.24, 2.45) is 0 Å². The number of halogens is 2. The van der Waals surface area contributed by atoms with Gasteiger partial charge in [0.15, 0.2) is 0 Å². The fourth-order valence-corrected chi connectivity index (χ4v) is 2.25. The predicted molar refractivity (Wildman–Crippen MR) is 82.5 cm³/mol. The van der Waals surface area contributed by atoms with Crippen molar-refractivity contribution in [1.29, 1.82) is 0 Å². The van der Waals surface area contributed by atoms with E-state index in [4.69, 9.17) is 27.9 Å². The Morgan fingerprint density at radius 1 is 1.26 bits per heavy atom. The summed E-state index contributed by atoms with van der Waals surface area (Å²) in [4.78, 5) is 2.18. The molecule has 0 aliphatic carbocycles. The molecule has 3 nitrogen and oxygen atoms in total. The van der Waals surface area contributed by atoms with Gasteiger partial charge in [0.2, 0.25) is 0 Å². The lowest BCUT2D eigenvalue weighted by Crippen LogP contribution is -2.46. The highest BCUT2D eigenvalue weighted by Gasteiger charge is 2.20. The van der Waals surface area contributed by atoms with E-state index in [-0.39, 0.29) is 5.54 Å². The van der Waals surface area contributed by atoms with Crippen molar-refractivity contribution >= 4 is 23.2 Å². The molecule has 0 aliphatic rings. The van der Waals surface area contributed by atoms with Gasteiger partial charge in [0.25, 0.3) is 0 Å². The largest absolute Gasteiger partial charge is 0.495 e. The van der Waals surface area contributed by atoms with Crippen LogP contribution in [0.15, 0.2) is 12.1 Å². The van der Waals surface area contributed by atoms with Gasteiger partial charge in [-0.1, -0.05) is 23.2 Å². The van der Waals surface area contributed by atoms with E-state index >= 15 is 0 Å². The number of hydrogen-bond acceptors (Lipinski definition) is 3. The summed E-state index contributed by atoms with van der Waals surface area (Å²) in [5.74, 6) is 0.682. The minimum Gasteiger partial charge on any atom is -0.495 e. The van der Waals surface area contributed by atoms with E-state index in [9.17, 15) is 0 Å². The summed E-state index contributed by atoms with van der Waals surface area (Å²) >= 11 is 12.1. The Hall–Kier alpha value is -0.480. The van der Waals surface area contributed by atoms with Gasteiger partial charge in [-0.2, -0.15) is 0 Å². The standard InChI is InChI=1S/C14H22Cl2N2O/c1-14(2,18(3)4)9-17-8-10-6-11(15)7-12(16)13(10)19-5/h6-7,17H,8-9H2,1-5H3. The van der Waals surface area contributed by atoms with Crippen LogP contribution in [0.25, 0.3) is 0 Å². The van der Waals surface area contributed by atoms with Gasteiger partial charge >= 0.3 is 0 Å². The zero-order chi connectivity index (χ0) is 14.6. The maximum atomic E-state index is 6.11. The molecule has 0 spiro atoms. The fourth-order valence-electron chi connectivity index (χ4n) is 1.63. The number of ether oxygens (including phenoxy) is 1. The zero-order valence-corrected chi connectivity index (χ0v) is 13.7. The third-order valence-corrected chi connectivity index (χ3v) is 3.87. The minimum absolute atomic E-state index is 0.0790. The molecule has 0 aromatic heterocycles. The summed E-state index contributed by atoms with van der Waals surface area (Å²) in [5, 5.41) is 4.57. The second-order valence-corrected chi connectivity index (χ2v) is 6.23. The average molecular weight is 305 g/mol. The van der Waals surface area contributed by atoms with Gasteiger partial charge in [-0.05, 0) is 40.1 Å². The van der Waals surface area contributed by atoms with E-state index in [0.717, 1.165) is 12.1 Å². The molecule has 19 heavy (non-hydrogen) atoms. The van der Waals surface area contributed by atoms with E-state index in [1.807, 2.05) is 6.07 Å². The Bertz CT molecular complexity index is 434. The zero-order valence-electron chi connectivity index (χ0n) is 12.2. The van der Waals surface area contributed by atoms with Crippen LogP contribution in [0.2, 0.25) is 10.0 Å². The van der Waals surface area contributed by atoms with Crippen molar-refractivity contribution in [2.45, 2.75) is 25.9 Å². The minimum atomic E-state index is 0.0790. The van der Waals surface area contributed by atoms with E-state index in [1.54, 1.807) is 13.2 Å². The van der Waals surface area contributed by atoms with Gasteiger partial charge in [-0.25, -0.2) is 0 Å². The molecule has 0 fully saturated rings. The number of benzene rings is 1. The molecule has 5 heteroatoms. The van der Waals surface area contributed by atoms with E-state index in [1.165, 1.54) is 0 Å². The third-order valence-electron chi connectivity index (χ3n) is 3.37. The molecule has 0 heterocycles. The van der Waals surface area contributed by atoms with Crippen LogP contribution < -0.4 is 10.1 Å². The summed E-state index contributed by atoms with van der Waals surface area (Å²) in [6, 6.07) is 3.57. The number of rotatable bonds is 6. The van der Waals surface area contributed by atoms with E-state index in [2.05, 4.69) is 38.2 Å². The molecular formula is C14H22Cl2N2O. The molecule has 0 unspecified atom stereocenters. The Balaban J connectivity index is 2.73. The monoisotopic (exact) mass is 304 g/mol. The number of likely N-dealkylation sites (N-methyl/N-ethyl adjacent to an activating group) is 1. The van der Waals surface area contributed by atoms with E-state index < -0.39 is 0 Å². The van der Waals surface area contributed by atoms with Crippen molar-refractivity contribution in [2.75, 3.05) is 27.7 Å². The Morgan fingerprint density at radius 3 is 2.42 bits per heavy atom. The summed E-state index contributed by atoms with van der Waals surface area (Å²) in [6.07, 6.45) is 0. The smallest absolute Gasteiger partial charge is 0.142 e. The fraction of sp³-hybridized carbons (Fsp3) is 0.571. The van der Waals surface area contributed by atoms with Crippen LogP contribution in [0.4, 0.5) is 0 Å². The summed E-state index contributed by atoms with van der Waals surface area (Å²) in [5.41, 5.74) is 1.05. The van der Waals surface area contributed by atoms with Crippen LogP contribution in [-0.4, -0.2) is 38.2 Å². The molecule has 108 valence electrons. The topological polar surface area (TPSA) is 24.5 Å². The quantitative estimate of drug-likeness (QED) is 0.871. The van der Waals surface area contributed by atoms with Crippen molar-refractivity contribution in [3.63, 3.8) is 0 Å². The van der Waals surface area contributed by atoms with Crippen LogP contribution in [0.3, 0.4) is 0 Å². The lowest BCUT2D eigenvalue weighted by molar-refractivity contribution is 0.189. The number of nitrogens with zero attached hydrogens (tertiary/aromatic N) is 1. The maximum absolute atomic E-state index is 6.11. The first-order valence-electron chi connectivity index (χ1n) is 6.18. The van der Waals surface area contributed by atoms with Crippen molar-refractivity contribution in [3.8, 4) is 5.75 Å². The van der Waals surface area contributed by atoms with Gasteiger partial charge in [0.1, 0.15) is 5.75 Å². The first kappa shape index (κ1) is 16.6. The van der Waals surface area contributed by atoms with Crippen molar-refractivity contribution in [1.82, 2.24) is 10.2 Å². The lowest BCUT2D eigenvalue weighted by atomic mass is 10.0. The SMILES string of the molecule is COc1c(Cl)cc(Cl)cc1CNCC(C)(C)N(C)C. The highest BCUT2D eigenvalue weighted by atomic mass is 35.5. The molecule has 0 saturated heterocycles. The molecule has 1 N–H and O–H groups in total. The van der Waals surface area contributed by atoms with Gasteiger partial charge in [0.05, 0.1) is 12.1 Å². The normalized spacial score (nSPS) is 12.0. The Kier molecular flexibility index (Phi) is 5.93. The molecule has 1 aromatic carbocycles. The summed E-state index contributed by atoms with van der Waals surface area (Å²) in [7, 11) is 5.75. The second kappa shape index (κ2) is 6.80. The van der Waals surface area contributed by atoms with Crippen LogP contribution in [0.5, 0.6) is 5.75 Å². The first-order valence-corrected chi connectivity index (χ1v) is 6.93. The molecule has 0 atom stereocenters. The number of methoxy groups -OCH3 is 1. The predicted octanol–water partition coefficient (Wildman–Crippen LogP) is 3.43. The van der Waals surface area contributed by atoms with Crippen LogP contribution >= 0.6 is 23.2 Å². The number of nitrogens with one attached hydrogen (secondary N) is 1. The second-order valence-electron chi connectivity index (χ2n) is 5.39. The first-order chi connectivity index (χ1) is 8.77. The highest BCUT2D eigenvalue weighted by molar-refractivity contribution is 6.35. The highest BCUT2D eigenvalue weighted by Crippen LogP contribution is 2.32. The summed E-state index contributed by atoms with van der Waals surface area (Å²) in [6.45, 7) is 5.89.